The number of hydrogen-bond acceptors (Lipinski definition) is 3. The summed E-state index contributed by atoms with van der Waals surface area (Å²) >= 11 is 0. The zero-order chi connectivity index (χ0) is 12.7. The van der Waals surface area contributed by atoms with Crippen LogP contribution in [0.15, 0.2) is 24.3 Å². The lowest BCUT2D eigenvalue weighted by molar-refractivity contribution is -0.120. The van der Waals surface area contributed by atoms with Crippen molar-refractivity contribution in [2.24, 2.45) is 5.73 Å². The number of ether oxygens (including phenoxy) is 1. The van der Waals surface area contributed by atoms with Crippen molar-refractivity contribution in [1.82, 2.24) is 5.32 Å². The van der Waals surface area contributed by atoms with Crippen molar-refractivity contribution in [3.63, 3.8) is 0 Å². The molecule has 1 rings (SSSR count). The van der Waals surface area contributed by atoms with E-state index < -0.39 is 0 Å². The van der Waals surface area contributed by atoms with Crippen LogP contribution in [-0.4, -0.2) is 26.6 Å². The third-order valence-corrected chi connectivity index (χ3v) is 2.76. The third-order valence-electron chi connectivity index (χ3n) is 2.76. The molecular formula is C13H20N2O2. The van der Waals surface area contributed by atoms with Gasteiger partial charge in [0.1, 0.15) is 0 Å². The molecule has 1 aromatic carbocycles. The normalized spacial score (nSPS) is 12.2. The van der Waals surface area contributed by atoms with Crippen molar-refractivity contribution in [3.05, 3.63) is 35.4 Å². The van der Waals surface area contributed by atoms with E-state index >= 15 is 0 Å². The first-order valence-electron chi connectivity index (χ1n) is 5.69. The van der Waals surface area contributed by atoms with Gasteiger partial charge in [-0.05, 0) is 17.7 Å². The molecule has 4 heteroatoms. The molecule has 0 saturated carbocycles. The fraction of sp³-hybridized carbons (Fsp3) is 0.462. The maximum Gasteiger partial charge on any atom is 0.220 e. The van der Waals surface area contributed by atoms with E-state index in [2.05, 4.69) is 5.32 Å². The van der Waals surface area contributed by atoms with Gasteiger partial charge >= 0.3 is 0 Å². The molecule has 0 spiro atoms. The molecular weight excluding hydrogens is 216 g/mol. The minimum absolute atomic E-state index is 0.0152. The first-order valence-corrected chi connectivity index (χ1v) is 5.69. The van der Waals surface area contributed by atoms with Gasteiger partial charge < -0.3 is 15.8 Å². The van der Waals surface area contributed by atoms with Crippen molar-refractivity contribution in [2.45, 2.75) is 18.9 Å². The molecule has 0 radical (unpaired) electrons. The Kier molecular flexibility index (Phi) is 5.66. The lowest BCUT2D eigenvalue weighted by Crippen LogP contribution is -2.24. The molecule has 1 unspecified atom stereocenters. The van der Waals surface area contributed by atoms with Crippen LogP contribution in [0.25, 0.3) is 0 Å². The molecule has 1 atom stereocenters. The van der Waals surface area contributed by atoms with Crippen molar-refractivity contribution < 1.29 is 9.53 Å². The second-order valence-electron chi connectivity index (χ2n) is 3.98. The number of carbonyl (C=O) groups is 1. The molecule has 94 valence electrons. The van der Waals surface area contributed by atoms with E-state index in [9.17, 15) is 4.79 Å². The summed E-state index contributed by atoms with van der Waals surface area (Å²) in [6, 6.07) is 8.03. The van der Waals surface area contributed by atoms with Crippen LogP contribution in [0, 0.1) is 0 Å². The number of carbonyl (C=O) groups excluding carboxylic acids is 1. The minimum Gasteiger partial charge on any atom is -0.380 e. The molecule has 0 saturated heterocycles. The minimum atomic E-state index is 0.0152. The second-order valence-corrected chi connectivity index (χ2v) is 3.98. The molecule has 1 aromatic rings. The molecule has 3 N–H and O–H groups in total. The summed E-state index contributed by atoms with van der Waals surface area (Å²) in [5.41, 5.74) is 7.91. The van der Waals surface area contributed by atoms with Gasteiger partial charge in [0.05, 0.1) is 6.61 Å². The van der Waals surface area contributed by atoms with Gasteiger partial charge in [0.2, 0.25) is 5.91 Å². The maximum atomic E-state index is 11.3. The molecule has 17 heavy (non-hydrogen) atoms. The van der Waals surface area contributed by atoms with Crippen LogP contribution in [-0.2, 0) is 16.1 Å². The van der Waals surface area contributed by atoms with Gasteiger partial charge in [-0.1, -0.05) is 24.3 Å². The van der Waals surface area contributed by atoms with E-state index in [1.165, 1.54) is 0 Å². The summed E-state index contributed by atoms with van der Waals surface area (Å²) in [5.74, 6) is 0.0907. The molecule has 0 aliphatic rings. The summed E-state index contributed by atoms with van der Waals surface area (Å²) in [6.07, 6.45) is 0.427. The fourth-order valence-electron chi connectivity index (χ4n) is 1.72. The van der Waals surface area contributed by atoms with Gasteiger partial charge in [0.25, 0.3) is 0 Å². The van der Waals surface area contributed by atoms with E-state index in [1.54, 1.807) is 14.2 Å². The molecule has 0 heterocycles. The number of methoxy groups -OCH3 is 1. The number of nitrogens with one attached hydrogen (secondary N) is 1. The highest BCUT2D eigenvalue weighted by Crippen LogP contribution is 2.19. The monoisotopic (exact) mass is 236 g/mol. The summed E-state index contributed by atoms with van der Waals surface area (Å²) in [7, 11) is 3.31. The van der Waals surface area contributed by atoms with Crippen molar-refractivity contribution >= 4 is 5.91 Å². The molecule has 1 amide bonds. The highest BCUT2D eigenvalue weighted by molar-refractivity contribution is 5.76. The van der Waals surface area contributed by atoms with Crippen LogP contribution < -0.4 is 11.1 Å². The molecule has 0 fully saturated rings. The topological polar surface area (TPSA) is 64.4 Å². The fourth-order valence-corrected chi connectivity index (χ4v) is 1.72. The van der Waals surface area contributed by atoms with Gasteiger partial charge in [0.15, 0.2) is 0 Å². The molecule has 0 aliphatic heterocycles. The predicted molar refractivity (Wildman–Crippen MR) is 67.6 cm³/mol. The van der Waals surface area contributed by atoms with Crippen LogP contribution in [0.3, 0.4) is 0 Å². The van der Waals surface area contributed by atoms with Gasteiger partial charge in [0, 0.05) is 26.5 Å². The van der Waals surface area contributed by atoms with E-state index in [0.29, 0.717) is 19.6 Å². The summed E-state index contributed by atoms with van der Waals surface area (Å²) in [4.78, 5) is 11.3. The van der Waals surface area contributed by atoms with Crippen LogP contribution in [0.2, 0.25) is 0 Å². The average Bonchev–Trinajstić information content (AvgIpc) is 2.37. The zero-order valence-electron chi connectivity index (χ0n) is 10.4. The maximum absolute atomic E-state index is 11.3. The Bertz CT molecular complexity index is 349. The number of amides is 1. The lowest BCUT2D eigenvalue weighted by Gasteiger charge is -2.14. The van der Waals surface area contributed by atoms with Gasteiger partial charge in [-0.15, -0.1) is 0 Å². The van der Waals surface area contributed by atoms with Gasteiger partial charge in [-0.2, -0.15) is 0 Å². The van der Waals surface area contributed by atoms with Crippen LogP contribution >= 0.6 is 0 Å². The Labute approximate surface area is 102 Å². The van der Waals surface area contributed by atoms with E-state index in [1.807, 2.05) is 24.3 Å². The van der Waals surface area contributed by atoms with E-state index in [-0.39, 0.29) is 11.8 Å². The summed E-state index contributed by atoms with van der Waals surface area (Å²) in [6.45, 7) is 1.07. The van der Waals surface area contributed by atoms with Crippen molar-refractivity contribution in [3.8, 4) is 0 Å². The highest BCUT2D eigenvalue weighted by atomic mass is 16.5. The third kappa shape index (κ3) is 4.17. The first-order chi connectivity index (χ1) is 8.21. The lowest BCUT2D eigenvalue weighted by atomic mass is 9.94. The number of benzene rings is 1. The number of nitrogens with two attached hydrogens (primary N) is 1. The molecule has 4 nitrogen and oxygen atoms in total. The molecule has 0 aromatic heterocycles. The van der Waals surface area contributed by atoms with E-state index in [0.717, 1.165) is 11.1 Å². The van der Waals surface area contributed by atoms with Crippen LogP contribution in [0.4, 0.5) is 0 Å². The smallest absolute Gasteiger partial charge is 0.220 e. The second kappa shape index (κ2) is 7.04. The zero-order valence-corrected chi connectivity index (χ0v) is 10.4. The average molecular weight is 236 g/mol. The van der Waals surface area contributed by atoms with Gasteiger partial charge in [-0.3, -0.25) is 4.79 Å². The molecule has 0 aliphatic carbocycles. The Hall–Kier alpha value is -1.39. The largest absolute Gasteiger partial charge is 0.380 e. The van der Waals surface area contributed by atoms with E-state index in [4.69, 9.17) is 10.5 Å². The van der Waals surface area contributed by atoms with Crippen molar-refractivity contribution in [1.29, 1.82) is 0 Å². The SMILES string of the molecule is CNC(=O)CC(CN)c1ccc(COC)cc1. The van der Waals surface area contributed by atoms with Crippen molar-refractivity contribution in [2.75, 3.05) is 20.7 Å². The van der Waals surface area contributed by atoms with Crippen LogP contribution in [0.1, 0.15) is 23.5 Å². The Morgan fingerprint density at radius 1 is 1.41 bits per heavy atom. The first kappa shape index (κ1) is 13.7. The summed E-state index contributed by atoms with van der Waals surface area (Å²) in [5, 5.41) is 2.62. The Morgan fingerprint density at radius 3 is 2.53 bits per heavy atom. The standard InChI is InChI=1S/C13H20N2O2/c1-15-13(16)7-12(8-14)11-5-3-10(4-6-11)9-17-2/h3-6,12H,7-9,14H2,1-2H3,(H,15,16). The van der Waals surface area contributed by atoms with Crippen LogP contribution in [0.5, 0.6) is 0 Å². The Balaban J connectivity index is 2.71. The highest BCUT2D eigenvalue weighted by Gasteiger charge is 2.13. The molecule has 0 bridgehead atoms. The number of rotatable bonds is 6. The quantitative estimate of drug-likeness (QED) is 0.775. The van der Waals surface area contributed by atoms with Gasteiger partial charge in [-0.25, -0.2) is 0 Å². The number of hydrogen-bond donors (Lipinski definition) is 2. The Morgan fingerprint density at radius 2 is 2.06 bits per heavy atom. The predicted octanol–water partition coefficient (Wildman–Crippen LogP) is 1.01. The summed E-state index contributed by atoms with van der Waals surface area (Å²) < 4.78 is 5.05.